The van der Waals surface area contributed by atoms with E-state index >= 15 is 0 Å². The van der Waals surface area contributed by atoms with Gasteiger partial charge in [-0.25, -0.2) is 4.98 Å². The molecule has 1 aliphatic carbocycles. The summed E-state index contributed by atoms with van der Waals surface area (Å²) in [6, 6.07) is 10.7. The van der Waals surface area contributed by atoms with Gasteiger partial charge < -0.3 is 15.4 Å². The van der Waals surface area contributed by atoms with Crippen molar-refractivity contribution in [3.63, 3.8) is 0 Å². The number of ether oxygens (including phenoxy) is 1. The van der Waals surface area contributed by atoms with E-state index in [1.807, 2.05) is 13.0 Å². The average Bonchev–Trinajstić information content (AvgIpc) is 2.91. The Morgan fingerprint density at radius 1 is 1.16 bits per heavy atom. The van der Waals surface area contributed by atoms with Crippen LogP contribution in [0.4, 0.5) is 19.0 Å². The van der Waals surface area contributed by atoms with Crippen LogP contribution in [0.1, 0.15) is 57.3 Å². The molecule has 0 unspecified atom stereocenters. The van der Waals surface area contributed by atoms with Crippen LogP contribution < -0.4 is 10.5 Å². The lowest BCUT2D eigenvalue weighted by molar-refractivity contribution is -0.137. The van der Waals surface area contributed by atoms with Crippen LogP contribution in [0.15, 0.2) is 54.9 Å². The number of rotatable bonds is 5. The van der Waals surface area contributed by atoms with Crippen molar-refractivity contribution in [2.24, 2.45) is 0 Å². The highest BCUT2D eigenvalue weighted by molar-refractivity contribution is 5.98. The van der Waals surface area contributed by atoms with E-state index in [2.05, 4.69) is 15.0 Å². The number of benzene rings is 1. The maximum absolute atomic E-state index is 14.0. The molecule has 0 fully saturated rings. The monoisotopic (exact) mass is 521 g/mol. The number of pyridine rings is 3. The van der Waals surface area contributed by atoms with Crippen LogP contribution >= 0.6 is 0 Å². The second-order valence-electron chi connectivity index (χ2n) is 9.35. The third-order valence-electron chi connectivity index (χ3n) is 6.90. The third kappa shape index (κ3) is 4.85. The van der Waals surface area contributed by atoms with Crippen molar-refractivity contribution in [3.8, 4) is 5.75 Å². The molecule has 3 heterocycles. The maximum atomic E-state index is 14.0. The number of methoxy groups -OCH3 is 1. The Hall–Kier alpha value is -4.21. The fourth-order valence-electron chi connectivity index (χ4n) is 4.91. The van der Waals surface area contributed by atoms with Gasteiger partial charge in [0.2, 0.25) is 0 Å². The van der Waals surface area contributed by atoms with Crippen molar-refractivity contribution in [2.75, 3.05) is 12.8 Å². The van der Waals surface area contributed by atoms with E-state index < -0.39 is 17.8 Å². The minimum atomic E-state index is -4.50. The number of aryl methyl sites for hydroxylation is 1. The summed E-state index contributed by atoms with van der Waals surface area (Å²) in [5.41, 5.74) is 8.97. The number of fused-ring (bicyclic) bond motifs is 2. The Bertz CT molecular complexity index is 1510. The molecule has 0 spiro atoms. The van der Waals surface area contributed by atoms with E-state index in [1.165, 1.54) is 6.07 Å². The number of carbonyl (C=O) groups is 1. The normalized spacial score (nSPS) is 15.2. The largest absolute Gasteiger partial charge is 0.496 e. The van der Waals surface area contributed by atoms with E-state index in [4.69, 9.17) is 10.5 Å². The molecule has 0 aliphatic heterocycles. The van der Waals surface area contributed by atoms with Crippen LogP contribution in [-0.4, -0.2) is 32.9 Å². The Morgan fingerprint density at radius 3 is 2.68 bits per heavy atom. The number of nitrogens with zero attached hydrogens (tertiary/aromatic N) is 4. The van der Waals surface area contributed by atoms with Gasteiger partial charge in [0.1, 0.15) is 11.6 Å². The minimum absolute atomic E-state index is 0.0109. The number of aromatic nitrogens is 3. The fraction of sp³-hybridized carbons (Fsp3) is 0.286. The number of carbonyl (C=O) groups excluding carboxylic acids is 1. The number of nitrogens with two attached hydrogens (primary N) is 1. The standard InChI is InChI=1S/C28H26F3N5O2/c1-16-12-18-13-17(6-9-22(18)35-26(16)32)27(37)36(15-20-8-7-19(14-34-20)28(29,30)31)23-5-3-4-21-24(38-2)10-11-33-25(21)23/h6-14,23H,3-5,15H2,1-2H3,(H2,32,35)/t23-/m0/s1. The van der Waals surface area contributed by atoms with Gasteiger partial charge in [-0.15, -0.1) is 0 Å². The summed E-state index contributed by atoms with van der Waals surface area (Å²) in [7, 11) is 1.59. The van der Waals surface area contributed by atoms with Crippen LogP contribution in [0, 0.1) is 6.92 Å². The van der Waals surface area contributed by atoms with E-state index in [1.54, 1.807) is 42.5 Å². The summed E-state index contributed by atoms with van der Waals surface area (Å²) in [6.45, 7) is 1.86. The van der Waals surface area contributed by atoms with Crippen molar-refractivity contribution in [2.45, 2.75) is 44.9 Å². The molecule has 0 saturated carbocycles. The summed E-state index contributed by atoms with van der Waals surface area (Å²) in [6.07, 6.45) is 0.136. The second kappa shape index (κ2) is 9.92. The molecular weight excluding hydrogens is 495 g/mol. The van der Waals surface area contributed by atoms with E-state index in [0.717, 1.165) is 47.3 Å². The highest BCUT2D eigenvalue weighted by Crippen LogP contribution is 2.39. The molecule has 196 valence electrons. The molecule has 0 bridgehead atoms. The average molecular weight is 522 g/mol. The molecule has 1 atom stereocenters. The number of hydrogen-bond acceptors (Lipinski definition) is 6. The molecule has 1 aliphatic rings. The van der Waals surface area contributed by atoms with Crippen LogP contribution in [-0.2, 0) is 19.1 Å². The highest BCUT2D eigenvalue weighted by atomic mass is 19.4. The van der Waals surface area contributed by atoms with Gasteiger partial charge in [-0.2, -0.15) is 13.2 Å². The van der Waals surface area contributed by atoms with Crippen molar-refractivity contribution in [1.29, 1.82) is 0 Å². The van der Waals surface area contributed by atoms with Gasteiger partial charge in [-0.3, -0.25) is 14.8 Å². The zero-order valence-electron chi connectivity index (χ0n) is 20.9. The first-order valence-electron chi connectivity index (χ1n) is 12.2. The van der Waals surface area contributed by atoms with Gasteiger partial charge in [0.15, 0.2) is 0 Å². The minimum Gasteiger partial charge on any atom is -0.496 e. The zero-order chi connectivity index (χ0) is 27.0. The van der Waals surface area contributed by atoms with Crippen molar-refractivity contribution < 1.29 is 22.7 Å². The van der Waals surface area contributed by atoms with Crippen molar-refractivity contribution in [3.05, 3.63) is 88.5 Å². The molecule has 0 saturated heterocycles. The highest BCUT2D eigenvalue weighted by Gasteiger charge is 2.34. The molecule has 1 amide bonds. The lowest BCUT2D eigenvalue weighted by Gasteiger charge is -2.35. The van der Waals surface area contributed by atoms with Crippen LogP contribution in [0.3, 0.4) is 0 Å². The number of amides is 1. The van der Waals surface area contributed by atoms with Gasteiger partial charge in [0.25, 0.3) is 5.91 Å². The van der Waals surface area contributed by atoms with Gasteiger partial charge in [0, 0.05) is 28.9 Å². The van der Waals surface area contributed by atoms with Gasteiger partial charge in [0.05, 0.1) is 42.2 Å². The number of alkyl halides is 3. The zero-order valence-corrected chi connectivity index (χ0v) is 20.9. The number of halogens is 3. The molecule has 38 heavy (non-hydrogen) atoms. The molecule has 10 heteroatoms. The predicted octanol–water partition coefficient (Wildman–Crippen LogP) is 5.66. The summed E-state index contributed by atoms with van der Waals surface area (Å²) in [5, 5.41) is 0.763. The fourth-order valence-corrected chi connectivity index (χ4v) is 4.91. The SMILES string of the molecule is COc1ccnc2c1CCC[C@@H]2N(Cc1ccc(C(F)(F)F)cn1)C(=O)c1ccc2nc(N)c(C)cc2c1. The Kier molecular flexibility index (Phi) is 6.64. The summed E-state index contributed by atoms with van der Waals surface area (Å²) >= 11 is 0. The lowest BCUT2D eigenvalue weighted by Crippen LogP contribution is -2.37. The Morgan fingerprint density at radius 2 is 1.97 bits per heavy atom. The first kappa shape index (κ1) is 25.4. The predicted molar refractivity (Wildman–Crippen MR) is 136 cm³/mol. The molecule has 1 aromatic carbocycles. The maximum Gasteiger partial charge on any atom is 0.417 e. The van der Waals surface area contributed by atoms with Gasteiger partial charge >= 0.3 is 6.18 Å². The van der Waals surface area contributed by atoms with Gasteiger partial charge in [-0.1, -0.05) is 0 Å². The molecule has 4 aromatic rings. The van der Waals surface area contributed by atoms with Crippen LogP contribution in [0.5, 0.6) is 5.75 Å². The smallest absolute Gasteiger partial charge is 0.417 e. The van der Waals surface area contributed by atoms with Crippen LogP contribution in [0.2, 0.25) is 0 Å². The molecule has 0 radical (unpaired) electrons. The molecule has 3 aromatic heterocycles. The molecule has 7 nitrogen and oxygen atoms in total. The van der Waals surface area contributed by atoms with E-state index in [-0.39, 0.29) is 12.5 Å². The number of nitrogen functional groups attached to an aromatic ring is 1. The van der Waals surface area contributed by atoms with Crippen molar-refractivity contribution in [1.82, 2.24) is 19.9 Å². The molecular formula is C28H26F3N5O2. The van der Waals surface area contributed by atoms with E-state index in [9.17, 15) is 18.0 Å². The Balaban J connectivity index is 1.57. The third-order valence-corrected chi connectivity index (χ3v) is 6.90. The van der Waals surface area contributed by atoms with Crippen LogP contribution in [0.25, 0.3) is 10.9 Å². The first-order valence-corrected chi connectivity index (χ1v) is 12.2. The van der Waals surface area contributed by atoms with Crippen molar-refractivity contribution >= 4 is 22.6 Å². The summed E-state index contributed by atoms with van der Waals surface area (Å²) in [4.78, 5) is 28.7. The van der Waals surface area contributed by atoms with Gasteiger partial charge in [-0.05, 0) is 74.2 Å². The molecule has 5 rings (SSSR count). The Labute approximate surface area is 217 Å². The summed E-state index contributed by atoms with van der Waals surface area (Å²) in [5.74, 6) is 0.834. The molecule has 2 N–H and O–H groups in total. The number of anilines is 1. The van der Waals surface area contributed by atoms with E-state index in [0.29, 0.717) is 34.8 Å². The topological polar surface area (TPSA) is 94.2 Å². The quantitative estimate of drug-likeness (QED) is 0.364. The number of hydrogen-bond donors (Lipinski definition) is 1. The summed E-state index contributed by atoms with van der Waals surface area (Å²) < 4.78 is 44.8. The first-order chi connectivity index (χ1) is 18.2. The second-order valence-corrected chi connectivity index (χ2v) is 9.35. The lowest BCUT2D eigenvalue weighted by atomic mass is 9.89.